The van der Waals surface area contributed by atoms with Crippen LogP contribution in [0.15, 0.2) is 0 Å². The van der Waals surface area contributed by atoms with Gasteiger partial charge in [0.2, 0.25) is 11.8 Å². The van der Waals surface area contributed by atoms with Crippen molar-refractivity contribution in [2.45, 2.75) is 47.0 Å². The van der Waals surface area contributed by atoms with E-state index >= 15 is 0 Å². The molecule has 1 fully saturated rings. The zero-order valence-corrected chi connectivity index (χ0v) is 15.2. The van der Waals surface area contributed by atoms with E-state index in [4.69, 9.17) is 0 Å². The number of carbonyl (C=O) groups is 2. The van der Waals surface area contributed by atoms with Gasteiger partial charge in [-0.15, -0.1) is 12.4 Å². The van der Waals surface area contributed by atoms with Crippen molar-refractivity contribution < 1.29 is 9.59 Å². The minimum atomic E-state index is -0.373. The Balaban J connectivity index is 0.00000441. The summed E-state index contributed by atoms with van der Waals surface area (Å²) in [6, 6.07) is 0. The van der Waals surface area contributed by atoms with Gasteiger partial charge in [-0.05, 0) is 25.8 Å². The maximum atomic E-state index is 12.3. The topological polar surface area (TPSA) is 61.4 Å². The lowest BCUT2D eigenvalue weighted by Gasteiger charge is -2.35. The second-order valence-corrected chi connectivity index (χ2v) is 6.88. The monoisotopic (exact) mass is 333 g/mol. The second kappa shape index (κ2) is 10.1. The van der Waals surface area contributed by atoms with E-state index in [0.717, 1.165) is 38.9 Å². The Labute approximate surface area is 141 Å². The summed E-state index contributed by atoms with van der Waals surface area (Å²) in [5.74, 6) is 0.167. The predicted molar refractivity (Wildman–Crippen MR) is 92.2 cm³/mol. The number of rotatable bonds is 6. The standard InChI is InChI=1S/C16H31N3O2.ClH/c1-5-8-17-9-10-18-14(20)13-7-6-11-19(12-13)15(21)16(2,3)4;/h13,17H,5-12H2,1-4H3,(H,18,20);1H. The lowest BCUT2D eigenvalue weighted by atomic mass is 9.91. The number of hydrogen-bond donors (Lipinski definition) is 2. The molecule has 1 aliphatic rings. The molecule has 1 saturated heterocycles. The summed E-state index contributed by atoms with van der Waals surface area (Å²) >= 11 is 0. The molecule has 0 aromatic rings. The molecular weight excluding hydrogens is 302 g/mol. The van der Waals surface area contributed by atoms with Crippen LogP contribution in [0.2, 0.25) is 0 Å². The van der Waals surface area contributed by atoms with Gasteiger partial charge >= 0.3 is 0 Å². The number of nitrogens with one attached hydrogen (secondary N) is 2. The van der Waals surface area contributed by atoms with Crippen molar-refractivity contribution in [1.82, 2.24) is 15.5 Å². The van der Waals surface area contributed by atoms with Gasteiger partial charge < -0.3 is 15.5 Å². The van der Waals surface area contributed by atoms with E-state index in [1.54, 1.807) is 0 Å². The summed E-state index contributed by atoms with van der Waals surface area (Å²) in [6.45, 7) is 11.7. The summed E-state index contributed by atoms with van der Waals surface area (Å²) in [6.07, 6.45) is 2.89. The Bertz CT molecular complexity index is 356. The quantitative estimate of drug-likeness (QED) is 0.729. The normalized spacial score (nSPS) is 18.5. The van der Waals surface area contributed by atoms with Gasteiger partial charge in [0.25, 0.3) is 0 Å². The maximum absolute atomic E-state index is 12.3. The molecule has 0 aromatic carbocycles. The van der Waals surface area contributed by atoms with Crippen molar-refractivity contribution in [3.63, 3.8) is 0 Å². The van der Waals surface area contributed by atoms with Crippen molar-refractivity contribution in [2.75, 3.05) is 32.7 Å². The highest BCUT2D eigenvalue weighted by Gasteiger charge is 2.33. The Kier molecular flexibility index (Phi) is 9.69. The Hall–Kier alpha value is -0.810. The van der Waals surface area contributed by atoms with Crippen molar-refractivity contribution in [3.8, 4) is 0 Å². The number of amides is 2. The third kappa shape index (κ3) is 6.97. The first-order chi connectivity index (χ1) is 9.86. The van der Waals surface area contributed by atoms with Crippen LogP contribution < -0.4 is 10.6 Å². The Morgan fingerprint density at radius 3 is 2.45 bits per heavy atom. The van der Waals surface area contributed by atoms with E-state index in [9.17, 15) is 9.59 Å². The van der Waals surface area contributed by atoms with E-state index in [1.807, 2.05) is 25.7 Å². The molecule has 130 valence electrons. The highest BCUT2D eigenvalue weighted by atomic mass is 35.5. The van der Waals surface area contributed by atoms with Crippen molar-refractivity contribution in [2.24, 2.45) is 11.3 Å². The zero-order chi connectivity index (χ0) is 15.9. The molecule has 0 aliphatic carbocycles. The fourth-order valence-corrected chi connectivity index (χ4v) is 2.57. The van der Waals surface area contributed by atoms with Gasteiger partial charge in [0.15, 0.2) is 0 Å². The molecule has 0 aromatic heterocycles. The van der Waals surface area contributed by atoms with E-state index < -0.39 is 0 Å². The van der Waals surface area contributed by atoms with Crippen molar-refractivity contribution in [1.29, 1.82) is 0 Å². The van der Waals surface area contributed by atoms with Crippen LogP contribution in [-0.4, -0.2) is 49.4 Å². The molecule has 1 unspecified atom stereocenters. The Morgan fingerprint density at radius 2 is 1.86 bits per heavy atom. The molecule has 0 bridgehead atoms. The molecule has 0 spiro atoms. The van der Waals surface area contributed by atoms with Gasteiger partial charge in [-0.3, -0.25) is 9.59 Å². The van der Waals surface area contributed by atoms with E-state index in [-0.39, 0.29) is 35.6 Å². The number of likely N-dealkylation sites (tertiary alicyclic amines) is 1. The largest absolute Gasteiger partial charge is 0.355 e. The van der Waals surface area contributed by atoms with Crippen molar-refractivity contribution >= 4 is 24.2 Å². The number of hydrogen-bond acceptors (Lipinski definition) is 3. The highest BCUT2D eigenvalue weighted by Crippen LogP contribution is 2.23. The van der Waals surface area contributed by atoms with Crippen LogP contribution in [0.1, 0.15) is 47.0 Å². The number of carbonyl (C=O) groups excluding carboxylic acids is 2. The fraction of sp³-hybridized carbons (Fsp3) is 0.875. The molecule has 1 heterocycles. The minimum absolute atomic E-state index is 0. The first-order valence-corrected chi connectivity index (χ1v) is 8.14. The molecular formula is C16H32ClN3O2. The van der Waals surface area contributed by atoms with Crippen LogP contribution in [0.4, 0.5) is 0 Å². The van der Waals surface area contributed by atoms with Crippen LogP contribution in [-0.2, 0) is 9.59 Å². The molecule has 2 amide bonds. The van der Waals surface area contributed by atoms with E-state index in [0.29, 0.717) is 13.1 Å². The second-order valence-electron chi connectivity index (χ2n) is 6.88. The van der Waals surface area contributed by atoms with Gasteiger partial charge in [-0.1, -0.05) is 27.7 Å². The highest BCUT2D eigenvalue weighted by molar-refractivity contribution is 5.85. The minimum Gasteiger partial charge on any atom is -0.355 e. The average Bonchev–Trinajstić information content (AvgIpc) is 2.45. The predicted octanol–water partition coefficient (Wildman–Crippen LogP) is 1.81. The molecule has 2 N–H and O–H groups in total. The van der Waals surface area contributed by atoms with Crippen LogP contribution in [0.5, 0.6) is 0 Å². The Morgan fingerprint density at radius 1 is 1.18 bits per heavy atom. The molecule has 1 rings (SSSR count). The molecule has 0 saturated carbocycles. The molecule has 1 atom stereocenters. The lowest BCUT2D eigenvalue weighted by Crippen LogP contribution is -2.49. The molecule has 1 aliphatic heterocycles. The van der Waals surface area contributed by atoms with Gasteiger partial charge in [-0.2, -0.15) is 0 Å². The third-order valence-electron chi connectivity index (χ3n) is 3.75. The first-order valence-electron chi connectivity index (χ1n) is 8.14. The van der Waals surface area contributed by atoms with Crippen LogP contribution in [0, 0.1) is 11.3 Å². The average molecular weight is 334 g/mol. The summed E-state index contributed by atoms with van der Waals surface area (Å²) in [7, 11) is 0. The molecule has 22 heavy (non-hydrogen) atoms. The van der Waals surface area contributed by atoms with Gasteiger partial charge in [0, 0.05) is 31.6 Å². The molecule has 5 nitrogen and oxygen atoms in total. The molecule has 6 heteroatoms. The number of nitrogens with zero attached hydrogens (tertiary/aromatic N) is 1. The summed E-state index contributed by atoms with van der Waals surface area (Å²) < 4.78 is 0. The van der Waals surface area contributed by atoms with Crippen LogP contribution >= 0.6 is 12.4 Å². The van der Waals surface area contributed by atoms with Gasteiger partial charge in [0.1, 0.15) is 0 Å². The number of piperidine rings is 1. The summed E-state index contributed by atoms with van der Waals surface area (Å²) in [5, 5.41) is 6.23. The molecule has 0 radical (unpaired) electrons. The van der Waals surface area contributed by atoms with Gasteiger partial charge in [0.05, 0.1) is 5.92 Å². The van der Waals surface area contributed by atoms with Gasteiger partial charge in [-0.25, -0.2) is 0 Å². The first kappa shape index (κ1) is 21.2. The smallest absolute Gasteiger partial charge is 0.227 e. The summed E-state index contributed by atoms with van der Waals surface area (Å²) in [4.78, 5) is 26.3. The lowest BCUT2D eigenvalue weighted by molar-refractivity contribution is -0.142. The SMILES string of the molecule is CCCNCCNC(=O)C1CCCN(C(=O)C(C)(C)C)C1.Cl. The zero-order valence-electron chi connectivity index (χ0n) is 14.4. The van der Waals surface area contributed by atoms with E-state index in [1.165, 1.54) is 0 Å². The maximum Gasteiger partial charge on any atom is 0.227 e. The van der Waals surface area contributed by atoms with Crippen LogP contribution in [0.25, 0.3) is 0 Å². The van der Waals surface area contributed by atoms with Crippen molar-refractivity contribution in [3.05, 3.63) is 0 Å². The number of halogens is 1. The van der Waals surface area contributed by atoms with E-state index in [2.05, 4.69) is 17.6 Å². The van der Waals surface area contributed by atoms with Crippen LogP contribution in [0.3, 0.4) is 0 Å². The summed E-state index contributed by atoms with van der Waals surface area (Å²) in [5.41, 5.74) is -0.373. The third-order valence-corrected chi connectivity index (χ3v) is 3.75. The fourth-order valence-electron chi connectivity index (χ4n) is 2.57.